The van der Waals surface area contributed by atoms with E-state index in [1.54, 1.807) is 0 Å². The predicted molar refractivity (Wildman–Crippen MR) is 127 cm³/mol. The lowest BCUT2D eigenvalue weighted by atomic mass is 10.0. The minimum Gasteiger partial charge on any atom is -0.330 e. The van der Waals surface area contributed by atoms with E-state index in [1.165, 1.54) is 61.3 Å². The molecule has 0 aliphatic rings. The van der Waals surface area contributed by atoms with Crippen LogP contribution in [0, 0.1) is 0 Å². The fourth-order valence-electron chi connectivity index (χ4n) is 3.69. The number of benzene rings is 2. The van der Waals surface area contributed by atoms with Crippen molar-refractivity contribution in [1.82, 2.24) is 16.0 Å². The second kappa shape index (κ2) is 16.3. The van der Waals surface area contributed by atoms with Crippen LogP contribution in [0.2, 0.25) is 0 Å². The molecule has 2 aromatic carbocycles. The van der Waals surface area contributed by atoms with Crippen LogP contribution in [0.3, 0.4) is 0 Å². The monoisotopic (exact) mass is 398 g/mol. The maximum atomic E-state index is 5.48. The van der Waals surface area contributed by atoms with Gasteiger partial charge in [-0.05, 0) is 81.3 Å². The first kappa shape index (κ1) is 23.8. The lowest BCUT2D eigenvalue weighted by Crippen LogP contribution is -2.22. The molecule has 0 aromatic heterocycles. The molecule has 0 bridgehead atoms. The summed E-state index contributed by atoms with van der Waals surface area (Å²) in [6.07, 6.45) is 10.3. The molecule has 0 aliphatic carbocycles. The van der Waals surface area contributed by atoms with Gasteiger partial charge in [0, 0.05) is 6.54 Å². The highest BCUT2D eigenvalue weighted by atomic mass is 14.9. The third kappa shape index (κ3) is 10.8. The van der Waals surface area contributed by atoms with Crippen LogP contribution in [-0.2, 0) is 6.54 Å². The van der Waals surface area contributed by atoms with Gasteiger partial charge < -0.3 is 21.7 Å². The van der Waals surface area contributed by atoms with E-state index in [9.17, 15) is 0 Å². The van der Waals surface area contributed by atoms with E-state index < -0.39 is 0 Å². The lowest BCUT2D eigenvalue weighted by Gasteiger charge is -2.09. The standard InChI is InChI=1S/C25H42N4/c26-16-10-19-27-17-7-3-1-2-4-8-18-28-20-11-21-29-22-24-14-9-13-23-12-5-6-15-25(23)24/h5-6,9,12-15,27-29H,1-4,7-8,10-11,16-22,26H2. The number of nitrogens with one attached hydrogen (secondary N) is 3. The van der Waals surface area contributed by atoms with Gasteiger partial charge in [0.2, 0.25) is 0 Å². The first-order valence-electron chi connectivity index (χ1n) is 11.7. The Balaban J connectivity index is 1.35. The average molecular weight is 399 g/mol. The van der Waals surface area contributed by atoms with E-state index in [1.807, 2.05) is 0 Å². The van der Waals surface area contributed by atoms with Gasteiger partial charge in [-0.2, -0.15) is 0 Å². The van der Waals surface area contributed by atoms with Crippen molar-refractivity contribution in [2.45, 2.75) is 57.9 Å². The van der Waals surface area contributed by atoms with Gasteiger partial charge >= 0.3 is 0 Å². The van der Waals surface area contributed by atoms with E-state index in [-0.39, 0.29) is 0 Å². The molecule has 0 radical (unpaired) electrons. The molecule has 162 valence electrons. The SMILES string of the molecule is NCCCNCCCCCCCCNCCCNCc1cccc2ccccc12. The van der Waals surface area contributed by atoms with E-state index >= 15 is 0 Å². The smallest absolute Gasteiger partial charge is 0.0211 e. The second-order valence-corrected chi connectivity index (χ2v) is 7.93. The zero-order chi connectivity index (χ0) is 20.4. The zero-order valence-electron chi connectivity index (χ0n) is 18.2. The highest BCUT2D eigenvalue weighted by molar-refractivity contribution is 5.85. The van der Waals surface area contributed by atoms with Gasteiger partial charge in [-0.1, -0.05) is 68.1 Å². The molecule has 0 unspecified atom stereocenters. The summed E-state index contributed by atoms with van der Waals surface area (Å²) < 4.78 is 0. The Morgan fingerprint density at radius 2 is 1.14 bits per heavy atom. The maximum Gasteiger partial charge on any atom is 0.0211 e. The van der Waals surface area contributed by atoms with Crippen LogP contribution in [0.15, 0.2) is 42.5 Å². The van der Waals surface area contributed by atoms with Gasteiger partial charge in [-0.15, -0.1) is 0 Å². The first-order chi connectivity index (χ1) is 14.4. The Hall–Kier alpha value is -1.46. The topological polar surface area (TPSA) is 62.1 Å². The molecular formula is C25H42N4. The van der Waals surface area contributed by atoms with E-state index in [4.69, 9.17) is 5.73 Å². The quantitative estimate of drug-likeness (QED) is 0.284. The van der Waals surface area contributed by atoms with Crippen LogP contribution in [0.1, 0.15) is 56.9 Å². The molecule has 0 amide bonds. The van der Waals surface area contributed by atoms with Gasteiger partial charge in [-0.25, -0.2) is 0 Å². The Morgan fingerprint density at radius 1 is 0.552 bits per heavy atom. The van der Waals surface area contributed by atoms with Crippen molar-refractivity contribution in [2.24, 2.45) is 5.73 Å². The summed E-state index contributed by atoms with van der Waals surface area (Å²) in [5.74, 6) is 0. The number of hydrogen-bond acceptors (Lipinski definition) is 4. The van der Waals surface area contributed by atoms with Crippen molar-refractivity contribution >= 4 is 10.8 Å². The number of nitrogens with two attached hydrogens (primary N) is 1. The summed E-state index contributed by atoms with van der Waals surface area (Å²) in [4.78, 5) is 0. The fraction of sp³-hybridized carbons (Fsp3) is 0.600. The van der Waals surface area contributed by atoms with Crippen molar-refractivity contribution in [1.29, 1.82) is 0 Å². The summed E-state index contributed by atoms with van der Waals surface area (Å²) in [5.41, 5.74) is 6.87. The molecule has 0 saturated carbocycles. The van der Waals surface area contributed by atoms with Crippen molar-refractivity contribution in [2.75, 3.05) is 39.3 Å². The van der Waals surface area contributed by atoms with Crippen molar-refractivity contribution < 1.29 is 0 Å². The summed E-state index contributed by atoms with van der Waals surface area (Å²) in [6, 6.07) is 15.2. The van der Waals surface area contributed by atoms with Crippen LogP contribution < -0.4 is 21.7 Å². The molecule has 2 aromatic rings. The number of hydrogen-bond donors (Lipinski definition) is 4. The Labute approximate surface area is 178 Å². The van der Waals surface area contributed by atoms with E-state index in [0.717, 1.165) is 52.2 Å². The summed E-state index contributed by atoms with van der Waals surface area (Å²) in [6.45, 7) is 7.29. The molecule has 4 nitrogen and oxygen atoms in total. The van der Waals surface area contributed by atoms with Crippen LogP contribution in [0.4, 0.5) is 0 Å². The lowest BCUT2D eigenvalue weighted by molar-refractivity contribution is 0.539. The highest BCUT2D eigenvalue weighted by Crippen LogP contribution is 2.18. The normalized spacial score (nSPS) is 11.3. The molecular weight excluding hydrogens is 356 g/mol. The predicted octanol–water partition coefficient (Wildman–Crippen LogP) is 4.19. The van der Waals surface area contributed by atoms with E-state index in [2.05, 4.69) is 58.4 Å². The van der Waals surface area contributed by atoms with Crippen LogP contribution in [-0.4, -0.2) is 39.3 Å². The van der Waals surface area contributed by atoms with Gasteiger partial charge in [0.05, 0.1) is 0 Å². The summed E-state index contributed by atoms with van der Waals surface area (Å²) >= 11 is 0. The van der Waals surface area contributed by atoms with Gasteiger partial charge in [0.15, 0.2) is 0 Å². The minimum atomic E-state index is 0.794. The van der Waals surface area contributed by atoms with Crippen molar-refractivity contribution in [3.05, 3.63) is 48.0 Å². The van der Waals surface area contributed by atoms with Gasteiger partial charge in [0.25, 0.3) is 0 Å². The molecule has 0 fully saturated rings. The molecule has 0 aliphatic heterocycles. The Morgan fingerprint density at radius 3 is 1.90 bits per heavy atom. The molecule has 5 N–H and O–H groups in total. The van der Waals surface area contributed by atoms with E-state index in [0.29, 0.717) is 0 Å². The first-order valence-corrected chi connectivity index (χ1v) is 11.7. The number of rotatable bonds is 18. The molecule has 0 atom stereocenters. The second-order valence-electron chi connectivity index (χ2n) is 7.93. The molecule has 0 saturated heterocycles. The Bertz CT molecular complexity index is 638. The highest BCUT2D eigenvalue weighted by Gasteiger charge is 1.99. The third-order valence-electron chi connectivity index (χ3n) is 5.42. The number of fused-ring (bicyclic) bond motifs is 1. The van der Waals surface area contributed by atoms with Crippen molar-refractivity contribution in [3.8, 4) is 0 Å². The molecule has 2 rings (SSSR count). The van der Waals surface area contributed by atoms with Crippen LogP contribution in [0.5, 0.6) is 0 Å². The largest absolute Gasteiger partial charge is 0.330 e. The summed E-state index contributed by atoms with van der Waals surface area (Å²) in [7, 11) is 0. The molecule has 0 heterocycles. The van der Waals surface area contributed by atoms with Gasteiger partial charge in [0.1, 0.15) is 0 Å². The fourth-order valence-corrected chi connectivity index (χ4v) is 3.69. The average Bonchev–Trinajstić information content (AvgIpc) is 2.76. The molecule has 0 spiro atoms. The molecule has 4 heteroatoms. The Kier molecular flexibility index (Phi) is 13.4. The third-order valence-corrected chi connectivity index (χ3v) is 5.42. The van der Waals surface area contributed by atoms with Crippen LogP contribution in [0.25, 0.3) is 10.8 Å². The maximum absolute atomic E-state index is 5.48. The number of unbranched alkanes of at least 4 members (excludes halogenated alkanes) is 5. The zero-order valence-corrected chi connectivity index (χ0v) is 18.2. The molecule has 29 heavy (non-hydrogen) atoms. The van der Waals surface area contributed by atoms with Crippen molar-refractivity contribution in [3.63, 3.8) is 0 Å². The van der Waals surface area contributed by atoms with Gasteiger partial charge in [-0.3, -0.25) is 0 Å². The summed E-state index contributed by atoms with van der Waals surface area (Å²) in [5, 5.41) is 13.3. The minimum absolute atomic E-state index is 0.794. The van der Waals surface area contributed by atoms with Crippen LogP contribution >= 0.6 is 0 Å².